The monoisotopic (exact) mass is 405 g/mol. The second-order valence-electron chi connectivity index (χ2n) is 7.31. The van der Waals surface area contributed by atoms with Crippen molar-refractivity contribution in [2.24, 2.45) is 5.92 Å². The van der Waals surface area contributed by atoms with Crippen molar-refractivity contribution in [3.63, 3.8) is 0 Å². The molecule has 2 aliphatic rings. The molecular formula is C16H28F3O4S2+. The fourth-order valence-electron chi connectivity index (χ4n) is 3.87. The third-order valence-electron chi connectivity index (χ3n) is 5.33. The molecule has 1 N–H and O–H groups in total. The topological polar surface area (TPSA) is 64.0 Å². The zero-order valence-corrected chi connectivity index (χ0v) is 16.2. The van der Waals surface area contributed by atoms with Crippen LogP contribution in [-0.2, 0) is 14.9 Å². The van der Waals surface area contributed by atoms with Crippen LogP contribution in [0.5, 0.6) is 0 Å². The number of carbonyl (C=O) groups excluding carboxylic acids is 1. The van der Waals surface area contributed by atoms with Gasteiger partial charge in [0.05, 0.1) is 11.0 Å². The molecule has 0 spiro atoms. The molecule has 1 unspecified atom stereocenters. The highest BCUT2D eigenvalue weighted by Gasteiger charge is 2.57. The lowest BCUT2D eigenvalue weighted by Gasteiger charge is -2.39. The van der Waals surface area contributed by atoms with E-state index in [0.717, 1.165) is 51.4 Å². The zero-order valence-electron chi connectivity index (χ0n) is 14.6. The molecule has 0 aromatic rings. The number of rotatable bonds is 6. The minimum absolute atomic E-state index is 0.0936. The highest BCUT2D eigenvalue weighted by Crippen LogP contribution is 2.56. The van der Waals surface area contributed by atoms with Gasteiger partial charge in [-0.2, -0.15) is 13.2 Å². The van der Waals surface area contributed by atoms with E-state index in [-0.39, 0.29) is 22.7 Å². The fourth-order valence-corrected chi connectivity index (χ4v) is 9.10. The first kappa shape index (κ1) is 21.0. The molecular weight excluding hydrogens is 377 g/mol. The van der Waals surface area contributed by atoms with Gasteiger partial charge in [-0.25, -0.2) is 0 Å². The molecule has 0 saturated heterocycles. The minimum Gasteiger partial charge on any atom is -0.298 e. The Bertz CT molecular complexity index is 564. The van der Waals surface area contributed by atoms with Crippen molar-refractivity contribution < 1.29 is 30.0 Å². The van der Waals surface area contributed by atoms with E-state index in [1.807, 2.05) is 0 Å². The average molecular weight is 406 g/mol. The summed E-state index contributed by atoms with van der Waals surface area (Å²) in [5.41, 5.74) is -5.40. The Morgan fingerprint density at radius 1 is 0.960 bits per heavy atom. The Labute approximate surface area is 149 Å². The number of ketones is 1. The van der Waals surface area contributed by atoms with Crippen molar-refractivity contribution in [1.82, 2.24) is 0 Å². The van der Waals surface area contributed by atoms with E-state index in [2.05, 4.69) is 3.63 Å². The van der Waals surface area contributed by atoms with Crippen molar-refractivity contribution in [3.05, 3.63) is 0 Å². The van der Waals surface area contributed by atoms with Crippen LogP contribution in [0.1, 0.15) is 64.2 Å². The second-order valence-corrected chi connectivity index (χ2v) is 12.5. The van der Waals surface area contributed by atoms with Crippen molar-refractivity contribution in [3.8, 4) is 0 Å². The van der Waals surface area contributed by atoms with Gasteiger partial charge < -0.3 is 0 Å². The largest absolute Gasteiger partial charge is 0.572 e. The number of carbonyl (C=O) groups is 1. The third-order valence-corrected chi connectivity index (χ3v) is 10.8. The molecule has 0 aliphatic heterocycles. The Kier molecular flexibility index (Phi) is 6.87. The molecule has 0 aromatic carbocycles. The standard InChI is InChI=1S/C16H27F3O4S2/c1-24(14-10-6-3-7-11-14,23-25(21,22)16(17,18)19)12-15(20)13-8-4-2-5-9-13/h13-14H,2-12H2,1H3/p+1. The highest BCUT2D eigenvalue weighted by molar-refractivity contribution is 8.32. The van der Waals surface area contributed by atoms with Crippen LogP contribution >= 0.6 is 10.3 Å². The summed E-state index contributed by atoms with van der Waals surface area (Å²) in [6.07, 6.45) is 10.00. The first-order valence-electron chi connectivity index (χ1n) is 8.88. The van der Waals surface area contributed by atoms with Gasteiger partial charge in [0.15, 0.2) is 5.78 Å². The van der Waals surface area contributed by atoms with Gasteiger partial charge in [0, 0.05) is 12.2 Å². The van der Waals surface area contributed by atoms with Gasteiger partial charge in [-0.15, -0.1) is 8.42 Å². The summed E-state index contributed by atoms with van der Waals surface area (Å²) in [5, 5.41) is -0.217. The van der Waals surface area contributed by atoms with Gasteiger partial charge in [-0.3, -0.25) is 8.42 Å². The lowest BCUT2D eigenvalue weighted by atomic mass is 9.87. The highest BCUT2D eigenvalue weighted by atomic mass is 32.3. The average Bonchev–Trinajstić information content (AvgIpc) is 2.55. The van der Waals surface area contributed by atoms with Gasteiger partial charge in [-0.1, -0.05) is 38.5 Å². The van der Waals surface area contributed by atoms with Crippen molar-refractivity contribution in [1.29, 1.82) is 0 Å². The van der Waals surface area contributed by atoms with Crippen LogP contribution in [0.3, 0.4) is 0 Å². The molecule has 2 rings (SSSR count). The molecule has 2 saturated carbocycles. The Morgan fingerprint density at radius 2 is 1.44 bits per heavy atom. The first-order chi connectivity index (χ1) is 11.6. The van der Waals surface area contributed by atoms with E-state index in [9.17, 15) is 26.4 Å². The molecule has 2 aliphatic carbocycles. The van der Waals surface area contributed by atoms with Gasteiger partial charge in [-0.05, 0) is 36.0 Å². The van der Waals surface area contributed by atoms with Crippen LogP contribution in [-0.4, -0.2) is 40.6 Å². The van der Waals surface area contributed by atoms with Gasteiger partial charge in [0.2, 0.25) is 0 Å². The fraction of sp³-hybridized carbons (Fsp3) is 0.938. The number of hydrogen-bond acceptors (Lipinski definition) is 3. The van der Waals surface area contributed by atoms with E-state index < -0.39 is 25.9 Å². The SMILES string of the molecule is CS(CC(=O)C1CCCCC1)([OH+]S(=O)(=O)C(F)(F)F)C1CCCCC1. The molecule has 1 atom stereocenters. The Balaban J connectivity index is 2.20. The summed E-state index contributed by atoms with van der Waals surface area (Å²) >= 11 is 0. The van der Waals surface area contributed by atoms with Gasteiger partial charge in [0.25, 0.3) is 0 Å². The molecule has 9 heteroatoms. The maximum atomic E-state index is 12.9. The molecule has 0 aromatic heterocycles. The summed E-state index contributed by atoms with van der Waals surface area (Å²) in [4.78, 5) is 12.7. The maximum absolute atomic E-state index is 12.9. The second kappa shape index (κ2) is 8.17. The van der Waals surface area contributed by atoms with E-state index in [1.54, 1.807) is 0 Å². The van der Waals surface area contributed by atoms with E-state index >= 15 is 0 Å². The summed E-state index contributed by atoms with van der Waals surface area (Å²) in [7, 11) is -8.13. The molecule has 0 radical (unpaired) electrons. The summed E-state index contributed by atoms with van der Waals surface area (Å²) in [6, 6.07) is 0. The number of hydrogen-bond donors (Lipinski definition) is 0. The van der Waals surface area contributed by atoms with Crippen LogP contribution in [0.2, 0.25) is 0 Å². The summed E-state index contributed by atoms with van der Waals surface area (Å²) in [6.45, 7) is 0. The number of halogens is 3. The third kappa shape index (κ3) is 5.35. The van der Waals surface area contributed by atoms with Crippen molar-refractivity contribution >= 4 is 26.2 Å². The van der Waals surface area contributed by atoms with Crippen molar-refractivity contribution in [2.45, 2.75) is 75.0 Å². The van der Waals surface area contributed by atoms with Crippen molar-refractivity contribution in [2.75, 3.05) is 12.0 Å². The smallest absolute Gasteiger partial charge is 0.298 e. The van der Waals surface area contributed by atoms with Crippen LogP contribution in [0.15, 0.2) is 0 Å². The quantitative estimate of drug-likeness (QED) is 0.363. The van der Waals surface area contributed by atoms with E-state index in [4.69, 9.17) is 0 Å². The minimum atomic E-state index is -5.57. The number of Topliss-reactive ketones (excluding diaryl/α,β-unsaturated/α-hetero) is 1. The van der Waals surface area contributed by atoms with E-state index in [1.165, 1.54) is 6.26 Å². The predicted octanol–water partition coefficient (Wildman–Crippen LogP) is 4.76. The molecule has 25 heavy (non-hydrogen) atoms. The maximum Gasteiger partial charge on any atom is 0.572 e. The van der Waals surface area contributed by atoms with Crippen LogP contribution in [0, 0.1) is 5.92 Å². The zero-order chi connectivity index (χ0) is 18.7. The van der Waals surface area contributed by atoms with Gasteiger partial charge >= 0.3 is 15.6 Å². The van der Waals surface area contributed by atoms with Crippen LogP contribution < -0.4 is 0 Å². The van der Waals surface area contributed by atoms with Gasteiger partial charge in [0.1, 0.15) is 0 Å². The lowest BCUT2D eigenvalue weighted by molar-refractivity contribution is -0.121. The Hall–Kier alpha value is -0.280. The molecule has 0 amide bonds. The predicted molar refractivity (Wildman–Crippen MR) is 94.4 cm³/mol. The first-order valence-corrected chi connectivity index (χ1v) is 12.6. The molecule has 148 valence electrons. The number of alkyl halides is 3. The molecule has 2 fully saturated rings. The van der Waals surface area contributed by atoms with E-state index in [0.29, 0.717) is 12.8 Å². The van der Waals surface area contributed by atoms with Crippen LogP contribution in [0.25, 0.3) is 0 Å². The Morgan fingerprint density at radius 3 is 1.92 bits per heavy atom. The summed E-state index contributed by atoms with van der Waals surface area (Å²) < 4.78 is 65.4. The molecule has 0 bridgehead atoms. The normalized spacial score (nSPS) is 25.3. The molecule has 4 nitrogen and oxygen atoms in total. The lowest BCUT2D eigenvalue weighted by Crippen LogP contribution is -2.38. The molecule has 0 heterocycles. The van der Waals surface area contributed by atoms with Crippen LogP contribution in [0.4, 0.5) is 13.2 Å². The summed E-state index contributed by atoms with van der Waals surface area (Å²) in [5.74, 6) is -0.366.